The SMILES string of the molecule is Cc1cc(C)c(C)c(OCCC(=O)N2CCOC(CN(C)CC(=O)O)C2)c1. The molecule has 1 aliphatic heterocycles. The van der Waals surface area contributed by atoms with Crippen LogP contribution in [0.25, 0.3) is 0 Å². The zero-order chi connectivity index (χ0) is 20.0. The summed E-state index contributed by atoms with van der Waals surface area (Å²) in [6, 6.07) is 4.11. The quantitative estimate of drug-likeness (QED) is 0.741. The van der Waals surface area contributed by atoms with E-state index in [9.17, 15) is 9.59 Å². The van der Waals surface area contributed by atoms with Gasteiger partial charge >= 0.3 is 5.97 Å². The lowest BCUT2D eigenvalue weighted by molar-refractivity contribution is -0.142. The van der Waals surface area contributed by atoms with E-state index in [1.807, 2.05) is 19.9 Å². The van der Waals surface area contributed by atoms with E-state index < -0.39 is 5.97 Å². The van der Waals surface area contributed by atoms with Crippen LogP contribution in [0.2, 0.25) is 0 Å². The highest BCUT2D eigenvalue weighted by Gasteiger charge is 2.25. The second-order valence-corrected chi connectivity index (χ2v) is 7.23. The zero-order valence-electron chi connectivity index (χ0n) is 16.7. The molecule has 2 rings (SSSR count). The fraction of sp³-hybridized carbons (Fsp3) is 0.600. The third-order valence-corrected chi connectivity index (χ3v) is 4.75. The number of carboxylic acids is 1. The van der Waals surface area contributed by atoms with E-state index >= 15 is 0 Å². The molecule has 0 spiro atoms. The van der Waals surface area contributed by atoms with E-state index in [0.29, 0.717) is 39.3 Å². The maximum absolute atomic E-state index is 12.5. The van der Waals surface area contributed by atoms with Crippen LogP contribution in [0.4, 0.5) is 0 Å². The number of hydrogen-bond donors (Lipinski definition) is 1. The maximum Gasteiger partial charge on any atom is 0.317 e. The minimum absolute atomic E-state index is 0.0335. The lowest BCUT2D eigenvalue weighted by atomic mass is 10.1. The van der Waals surface area contributed by atoms with Gasteiger partial charge in [0.05, 0.1) is 32.3 Å². The van der Waals surface area contributed by atoms with Gasteiger partial charge in [-0.1, -0.05) is 6.07 Å². The van der Waals surface area contributed by atoms with Crippen molar-refractivity contribution >= 4 is 11.9 Å². The van der Waals surface area contributed by atoms with E-state index in [1.54, 1.807) is 16.8 Å². The van der Waals surface area contributed by atoms with E-state index in [4.69, 9.17) is 14.6 Å². The van der Waals surface area contributed by atoms with Gasteiger partial charge in [0.2, 0.25) is 5.91 Å². The molecule has 1 aromatic rings. The molecule has 7 nitrogen and oxygen atoms in total. The van der Waals surface area contributed by atoms with Crippen molar-refractivity contribution in [3.63, 3.8) is 0 Å². The summed E-state index contributed by atoms with van der Waals surface area (Å²) in [6.45, 7) is 8.37. The highest BCUT2D eigenvalue weighted by atomic mass is 16.5. The molecule has 1 saturated heterocycles. The van der Waals surface area contributed by atoms with Gasteiger partial charge in [0.15, 0.2) is 0 Å². The van der Waals surface area contributed by atoms with Gasteiger partial charge in [-0.2, -0.15) is 0 Å². The molecule has 0 aliphatic carbocycles. The minimum atomic E-state index is -0.875. The summed E-state index contributed by atoms with van der Waals surface area (Å²) < 4.78 is 11.5. The normalized spacial score (nSPS) is 17.2. The number of carbonyl (C=O) groups excluding carboxylic acids is 1. The molecule has 1 atom stereocenters. The van der Waals surface area contributed by atoms with Crippen LogP contribution in [-0.2, 0) is 14.3 Å². The number of carboxylic acid groups (broad SMARTS) is 1. The smallest absolute Gasteiger partial charge is 0.317 e. The molecule has 0 radical (unpaired) electrons. The van der Waals surface area contributed by atoms with Crippen molar-refractivity contribution < 1.29 is 24.2 Å². The summed E-state index contributed by atoms with van der Waals surface area (Å²) >= 11 is 0. The largest absolute Gasteiger partial charge is 0.493 e. The first kappa shape index (κ1) is 21.2. The van der Waals surface area contributed by atoms with Crippen molar-refractivity contribution in [2.75, 3.05) is 46.4 Å². The molecule has 27 heavy (non-hydrogen) atoms. The number of hydrogen-bond acceptors (Lipinski definition) is 5. The summed E-state index contributed by atoms with van der Waals surface area (Å²) in [4.78, 5) is 26.7. The first-order valence-electron chi connectivity index (χ1n) is 9.26. The molecule has 1 fully saturated rings. The number of aryl methyl sites for hydroxylation is 2. The lowest BCUT2D eigenvalue weighted by Gasteiger charge is -2.34. The summed E-state index contributed by atoms with van der Waals surface area (Å²) in [5, 5.41) is 8.84. The molecule has 1 amide bonds. The Morgan fingerprint density at radius 2 is 2.07 bits per heavy atom. The summed E-state index contributed by atoms with van der Waals surface area (Å²) in [5.74, 6) is -0.0123. The molecule has 1 heterocycles. The predicted molar refractivity (Wildman–Crippen MR) is 102 cm³/mol. The first-order valence-corrected chi connectivity index (χ1v) is 9.26. The molecule has 1 N–H and O–H groups in total. The molecular weight excluding hydrogens is 348 g/mol. The highest BCUT2D eigenvalue weighted by molar-refractivity contribution is 5.76. The maximum atomic E-state index is 12.5. The predicted octanol–water partition coefficient (Wildman–Crippen LogP) is 1.62. The molecule has 7 heteroatoms. The Hall–Kier alpha value is -2.12. The van der Waals surface area contributed by atoms with Crippen molar-refractivity contribution in [2.45, 2.75) is 33.3 Å². The van der Waals surface area contributed by atoms with Crippen LogP contribution in [0, 0.1) is 20.8 Å². The van der Waals surface area contributed by atoms with Crippen LogP contribution in [0.15, 0.2) is 12.1 Å². The van der Waals surface area contributed by atoms with E-state index in [0.717, 1.165) is 16.9 Å². The van der Waals surface area contributed by atoms with Crippen LogP contribution in [0.5, 0.6) is 5.75 Å². The average molecular weight is 378 g/mol. The Kier molecular flexibility index (Phi) is 7.62. The Morgan fingerprint density at radius 1 is 1.33 bits per heavy atom. The monoisotopic (exact) mass is 378 g/mol. The standard InChI is InChI=1S/C20H30N2O5/c1-14-9-15(2)16(3)18(10-14)27-7-5-19(23)22-6-8-26-17(12-22)11-21(4)13-20(24)25/h9-10,17H,5-8,11-13H2,1-4H3,(H,24,25). The van der Waals surface area contributed by atoms with Gasteiger partial charge in [0.1, 0.15) is 5.75 Å². The van der Waals surface area contributed by atoms with Gasteiger partial charge in [-0.3, -0.25) is 14.5 Å². The molecule has 0 aromatic heterocycles. The van der Waals surface area contributed by atoms with Gasteiger partial charge in [-0.25, -0.2) is 0 Å². The van der Waals surface area contributed by atoms with E-state index in [-0.39, 0.29) is 18.6 Å². The van der Waals surface area contributed by atoms with Gasteiger partial charge in [-0.15, -0.1) is 0 Å². The third-order valence-electron chi connectivity index (χ3n) is 4.75. The fourth-order valence-electron chi connectivity index (χ4n) is 3.26. The number of amides is 1. The van der Waals surface area contributed by atoms with Crippen LogP contribution in [0.3, 0.4) is 0 Å². The Bertz CT molecular complexity index is 677. The van der Waals surface area contributed by atoms with Gasteiger partial charge in [0, 0.05) is 19.6 Å². The molecule has 1 unspecified atom stereocenters. The minimum Gasteiger partial charge on any atom is -0.493 e. The van der Waals surface area contributed by atoms with Gasteiger partial charge < -0.3 is 19.5 Å². The van der Waals surface area contributed by atoms with Crippen molar-refractivity contribution in [3.05, 3.63) is 28.8 Å². The number of carbonyl (C=O) groups is 2. The number of rotatable bonds is 8. The van der Waals surface area contributed by atoms with E-state index in [2.05, 4.69) is 13.0 Å². The number of aliphatic carboxylic acids is 1. The van der Waals surface area contributed by atoms with Gasteiger partial charge in [0.25, 0.3) is 0 Å². The molecule has 1 aliphatic rings. The molecule has 1 aromatic carbocycles. The van der Waals surface area contributed by atoms with Crippen LogP contribution >= 0.6 is 0 Å². The summed E-state index contributed by atoms with van der Waals surface area (Å²) in [5.41, 5.74) is 3.42. The topological polar surface area (TPSA) is 79.3 Å². The highest BCUT2D eigenvalue weighted by Crippen LogP contribution is 2.23. The second-order valence-electron chi connectivity index (χ2n) is 7.23. The molecular formula is C20H30N2O5. The third kappa shape index (κ3) is 6.52. The fourth-order valence-corrected chi connectivity index (χ4v) is 3.26. The molecule has 150 valence electrons. The molecule has 0 bridgehead atoms. The van der Waals surface area contributed by atoms with Crippen LogP contribution in [0.1, 0.15) is 23.1 Å². The van der Waals surface area contributed by atoms with Crippen molar-refractivity contribution in [1.82, 2.24) is 9.80 Å². The van der Waals surface area contributed by atoms with Crippen molar-refractivity contribution in [3.8, 4) is 5.75 Å². The number of likely N-dealkylation sites (N-methyl/N-ethyl adjacent to an activating group) is 1. The number of benzene rings is 1. The molecule has 0 saturated carbocycles. The van der Waals surface area contributed by atoms with Crippen LogP contribution in [-0.4, -0.2) is 79.3 Å². The lowest BCUT2D eigenvalue weighted by Crippen LogP contribution is -2.49. The number of ether oxygens (including phenoxy) is 2. The summed E-state index contributed by atoms with van der Waals surface area (Å²) in [6.07, 6.45) is 0.138. The van der Waals surface area contributed by atoms with Gasteiger partial charge in [-0.05, 0) is 50.6 Å². The Morgan fingerprint density at radius 3 is 2.78 bits per heavy atom. The summed E-state index contributed by atoms with van der Waals surface area (Å²) in [7, 11) is 1.73. The zero-order valence-corrected chi connectivity index (χ0v) is 16.7. The average Bonchev–Trinajstić information content (AvgIpc) is 2.58. The van der Waals surface area contributed by atoms with Crippen molar-refractivity contribution in [2.24, 2.45) is 0 Å². The first-order chi connectivity index (χ1) is 12.8. The number of morpholine rings is 1. The van der Waals surface area contributed by atoms with Crippen molar-refractivity contribution in [1.29, 1.82) is 0 Å². The number of nitrogens with zero attached hydrogens (tertiary/aromatic N) is 2. The second kappa shape index (κ2) is 9.71. The Balaban J connectivity index is 1.81. The van der Waals surface area contributed by atoms with Crippen LogP contribution < -0.4 is 4.74 Å². The Labute approximate surface area is 160 Å². The van der Waals surface area contributed by atoms with E-state index in [1.165, 1.54) is 5.56 Å².